The van der Waals surface area contributed by atoms with E-state index < -0.39 is 0 Å². The van der Waals surface area contributed by atoms with E-state index in [2.05, 4.69) is 42.5 Å². The SMILES string of the molecule is COc1csc(C(Cl)Cc2cccc3ccccc23)c1. The van der Waals surface area contributed by atoms with Gasteiger partial charge in [-0.3, -0.25) is 0 Å². The Labute approximate surface area is 127 Å². The Hall–Kier alpha value is -1.51. The second kappa shape index (κ2) is 5.86. The molecule has 0 amide bonds. The topological polar surface area (TPSA) is 9.23 Å². The minimum absolute atomic E-state index is 0.0188. The van der Waals surface area contributed by atoms with E-state index >= 15 is 0 Å². The van der Waals surface area contributed by atoms with Gasteiger partial charge in [-0.15, -0.1) is 22.9 Å². The summed E-state index contributed by atoms with van der Waals surface area (Å²) in [5, 5.41) is 4.52. The Morgan fingerprint density at radius 2 is 1.95 bits per heavy atom. The number of thiophene rings is 1. The zero-order valence-corrected chi connectivity index (χ0v) is 12.7. The number of methoxy groups -OCH3 is 1. The lowest BCUT2D eigenvalue weighted by molar-refractivity contribution is 0.416. The highest BCUT2D eigenvalue weighted by atomic mass is 35.5. The van der Waals surface area contributed by atoms with Crippen LogP contribution in [0.25, 0.3) is 10.8 Å². The number of hydrogen-bond donors (Lipinski definition) is 0. The van der Waals surface area contributed by atoms with Crippen LogP contribution < -0.4 is 4.74 Å². The first-order chi connectivity index (χ1) is 9.78. The predicted molar refractivity (Wildman–Crippen MR) is 87.1 cm³/mol. The van der Waals surface area contributed by atoms with Crippen molar-refractivity contribution >= 4 is 33.7 Å². The number of ether oxygens (including phenoxy) is 1. The third kappa shape index (κ3) is 2.67. The summed E-state index contributed by atoms with van der Waals surface area (Å²) in [6, 6.07) is 16.8. The molecule has 0 spiro atoms. The van der Waals surface area contributed by atoms with Gasteiger partial charge in [-0.25, -0.2) is 0 Å². The molecule has 0 bridgehead atoms. The molecule has 20 heavy (non-hydrogen) atoms. The molecular weight excluding hydrogens is 288 g/mol. The molecule has 0 saturated heterocycles. The molecule has 0 aliphatic rings. The summed E-state index contributed by atoms with van der Waals surface area (Å²) in [7, 11) is 1.68. The van der Waals surface area contributed by atoms with Crippen molar-refractivity contribution in [3.05, 3.63) is 64.4 Å². The Morgan fingerprint density at radius 3 is 2.75 bits per heavy atom. The number of halogens is 1. The van der Waals surface area contributed by atoms with Gasteiger partial charge < -0.3 is 4.74 Å². The first kappa shape index (κ1) is 13.5. The van der Waals surface area contributed by atoms with Crippen LogP contribution >= 0.6 is 22.9 Å². The Balaban J connectivity index is 1.89. The van der Waals surface area contributed by atoms with Gasteiger partial charge in [0.2, 0.25) is 0 Å². The molecule has 2 aromatic carbocycles. The molecule has 0 aliphatic carbocycles. The number of hydrogen-bond acceptors (Lipinski definition) is 2. The number of alkyl halides is 1. The molecule has 1 atom stereocenters. The fraction of sp³-hybridized carbons (Fsp3) is 0.176. The van der Waals surface area contributed by atoms with Crippen LogP contribution in [0.1, 0.15) is 15.8 Å². The smallest absolute Gasteiger partial charge is 0.129 e. The van der Waals surface area contributed by atoms with Crippen molar-refractivity contribution < 1.29 is 4.74 Å². The maximum Gasteiger partial charge on any atom is 0.129 e. The van der Waals surface area contributed by atoms with Gasteiger partial charge in [0.15, 0.2) is 0 Å². The van der Waals surface area contributed by atoms with E-state index in [4.69, 9.17) is 16.3 Å². The number of fused-ring (bicyclic) bond motifs is 1. The molecule has 102 valence electrons. The van der Waals surface area contributed by atoms with E-state index in [0.717, 1.165) is 17.0 Å². The van der Waals surface area contributed by atoms with Gasteiger partial charge in [0, 0.05) is 10.3 Å². The highest BCUT2D eigenvalue weighted by Crippen LogP contribution is 2.34. The average molecular weight is 303 g/mol. The van der Waals surface area contributed by atoms with Gasteiger partial charge in [-0.1, -0.05) is 42.5 Å². The molecule has 0 radical (unpaired) electrons. The first-order valence-electron chi connectivity index (χ1n) is 6.51. The van der Waals surface area contributed by atoms with Crippen molar-refractivity contribution in [2.24, 2.45) is 0 Å². The fourth-order valence-corrected chi connectivity index (χ4v) is 3.59. The fourth-order valence-electron chi connectivity index (χ4n) is 2.37. The molecule has 0 N–H and O–H groups in total. The molecule has 1 nitrogen and oxygen atoms in total. The molecule has 1 aromatic heterocycles. The van der Waals surface area contributed by atoms with Crippen LogP contribution in [0.2, 0.25) is 0 Å². The predicted octanol–water partition coefficient (Wildman–Crippen LogP) is 5.43. The monoisotopic (exact) mass is 302 g/mol. The van der Waals surface area contributed by atoms with Crippen LogP contribution in [0, 0.1) is 0 Å². The lowest BCUT2D eigenvalue weighted by atomic mass is 10.0. The molecule has 3 aromatic rings. The van der Waals surface area contributed by atoms with Crippen LogP contribution in [-0.2, 0) is 6.42 Å². The molecule has 0 aliphatic heterocycles. The summed E-state index contributed by atoms with van der Waals surface area (Å²) < 4.78 is 5.22. The maximum atomic E-state index is 6.57. The van der Waals surface area contributed by atoms with Crippen molar-refractivity contribution in [2.45, 2.75) is 11.8 Å². The van der Waals surface area contributed by atoms with Gasteiger partial charge in [-0.05, 0) is 28.8 Å². The van der Waals surface area contributed by atoms with Gasteiger partial charge in [-0.2, -0.15) is 0 Å². The van der Waals surface area contributed by atoms with E-state index in [-0.39, 0.29) is 5.38 Å². The van der Waals surface area contributed by atoms with Crippen molar-refractivity contribution in [3.8, 4) is 5.75 Å². The van der Waals surface area contributed by atoms with Gasteiger partial charge in [0.05, 0.1) is 12.5 Å². The zero-order chi connectivity index (χ0) is 13.9. The van der Waals surface area contributed by atoms with Crippen molar-refractivity contribution in [2.75, 3.05) is 7.11 Å². The minimum atomic E-state index is -0.0188. The van der Waals surface area contributed by atoms with Crippen molar-refractivity contribution in [1.29, 1.82) is 0 Å². The largest absolute Gasteiger partial charge is 0.496 e. The van der Waals surface area contributed by atoms with Crippen molar-refractivity contribution in [3.63, 3.8) is 0 Å². The van der Waals surface area contributed by atoms with Crippen LogP contribution in [-0.4, -0.2) is 7.11 Å². The summed E-state index contributed by atoms with van der Waals surface area (Å²) >= 11 is 8.22. The molecule has 3 rings (SSSR count). The van der Waals surface area contributed by atoms with Crippen LogP contribution in [0.15, 0.2) is 53.9 Å². The Bertz CT molecular complexity index is 714. The quantitative estimate of drug-likeness (QED) is 0.584. The first-order valence-corrected chi connectivity index (χ1v) is 7.82. The lowest BCUT2D eigenvalue weighted by Gasteiger charge is -2.10. The highest BCUT2D eigenvalue weighted by Gasteiger charge is 2.13. The van der Waals surface area contributed by atoms with Gasteiger partial charge in [0.25, 0.3) is 0 Å². The molecule has 0 saturated carbocycles. The Kier molecular flexibility index (Phi) is 3.95. The van der Waals surface area contributed by atoms with E-state index in [1.807, 2.05) is 11.4 Å². The third-order valence-corrected chi connectivity index (χ3v) is 4.96. The Morgan fingerprint density at radius 1 is 1.15 bits per heavy atom. The summed E-state index contributed by atoms with van der Waals surface area (Å²) in [6.45, 7) is 0. The van der Waals surface area contributed by atoms with E-state index in [1.165, 1.54) is 16.3 Å². The van der Waals surface area contributed by atoms with E-state index in [1.54, 1.807) is 18.4 Å². The average Bonchev–Trinajstić information content (AvgIpc) is 2.97. The number of benzene rings is 2. The summed E-state index contributed by atoms with van der Waals surface area (Å²) in [6.07, 6.45) is 0.826. The van der Waals surface area contributed by atoms with Crippen molar-refractivity contribution in [1.82, 2.24) is 0 Å². The lowest BCUT2D eigenvalue weighted by Crippen LogP contribution is -1.94. The third-order valence-electron chi connectivity index (χ3n) is 3.42. The van der Waals surface area contributed by atoms with Gasteiger partial charge in [0.1, 0.15) is 5.75 Å². The zero-order valence-electron chi connectivity index (χ0n) is 11.2. The van der Waals surface area contributed by atoms with E-state index in [0.29, 0.717) is 0 Å². The summed E-state index contributed by atoms with van der Waals surface area (Å²) in [5.41, 5.74) is 1.29. The minimum Gasteiger partial charge on any atom is -0.496 e. The summed E-state index contributed by atoms with van der Waals surface area (Å²) in [5.74, 6) is 0.883. The molecule has 1 heterocycles. The maximum absolute atomic E-state index is 6.57. The summed E-state index contributed by atoms with van der Waals surface area (Å²) in [4.78, 5) is 1.15. The molecular formula is C17H15ClOS. The second-order valence-electron chi connectivity index (χ2n) is 4.70. The van der Waals surface area contributed by atoms with Crippen LogP contribution in [0.4, 0.5) is 0 Å². The highest BCUT2D eigenvalue weighted by molar-refractivity contribution is 7.10. The molecule has 3 heteroatoms. The number of rotatable bonds is 4. The molecule has 1 unspecified atom stereocenters. The standard InChI is InChI=1S/C17H15ClOS/c1-19-14-10-17(20-11-14)16(18)9-13-7-4-6-12-5-2-3-8-15(12)13/h2-8,10-11,16H,9H2,1H3. The normalized spacial score (nSPS) is 12.5. The van der Waals surface area contributed by atoms with Crippen LogP contribution in [0.3, 0.4) is 0 Å². The van der Waals surface area contributed by atoms with E-state index in [9.17, 15) is 0 Å². The van der Waals surface area contributed by atoms with Gasteiger partial charge >= 0.3 is 0 Å². The van der Waals surface area contributed by atoms with Crippen LogP contribution in [0.5, 0.6) is 5.75 Å². The second-order valence-corrected chi connectivity index (χ2v) is 6.17. The molecule has 0 fully saturated rings.